The lowest BCUT2D eigenvalue weighted by Gasteiger charge is -1.98. The molecule has 4 heteroatoms. The van der Waals surface area contributed by atoms with Crippen molar-refractivity contribution < 1.29 is 4.79 Å². The summed E-state index contributed by atoms with van der Waals surface area (Å²) in [6.45, 7) is 6.50. The molecule has 0 radical (unpaired) electrons. The molecule has 3 nitrogen and oxygen atoms in total. The average Bonchev–Trinajstić information content (AvgIpc) is 2.62. The van der Waals surface area contributed by atoms with E-state index in [9.17, 15) is 4.79 Å². The van der Waals surface area contributed by atoms with Gasteiger partial charge in [0.15, 0.2) is 0 Å². The number of rotatable bonds is 4. The van der Waals surface area contributed by atoms with Gasteiger partial charge >= 0.3 is 0 Å². The number of carbonyl (C=O) groups is 1. The second kappa shape index (κ2) is 6.29. The molecule has 0 saturated heterocycles. The molecule has 1 amide bonds. The first-order valence-electron chi connectivity index (χ1n) is 5.26. The van der Waals surface area contributed by atoms with Crippen molar-refractivity contribution >= 4 is 17.2 Å². The van der Waals surface area contributed by atoms with Crippen molar-refractivity contribution in [1.29, 1.82) is 0 Å². The van der Waals surface area contributed by atoms with Gasteiger partial charge in [0.2, 0.25) is 0 Å². The summed E-state index contributed by atoms with van der Waals surface area (Å²) in [5.74, 6) is 5.38. The van der Waals surface area contributed by atoms with Gasteiger partial charge < -0.3 is 5.32 Å². The quantitative estimate of drug-likeness (QED) is 0.812. The van der Waals surface area contributed by atoms with Crippen LogP contribution in [0.2, 0.25) is 0 Å². The number of amides is 1. The number of hydrogen-bond donors (Lipinski definition) is 1. The summed E-state index contributed by atoms with van der Waals surface area (Å²) >= 11 is 1.65. The van der Waals surface area contributed by atoms with Crippen LogP contribution < -0.4 is 5.32 Å². The van der Waals surface area contributed by atoms with E-state index in [4.69, 9.17) is 0 Å². The lowest BCUT2D eigenvalue weighted by Crippen LogP contribution is -2.19. The van der Waals surface area contributed by atoms with Gasteiger partial charge in [-0.05, 0) is 18.8 Å². The van der Waals surface area contributed by atoms with Gasteiger partial charge in [-0.2, -0.15) is 0 Å². The van der Waals surface area contributed by atoms with Crippen molar-refractivity contribution in [3.8, 4) is 11.8 Å². The molecule has 1 rings (SSSR count). The Morgan fingerprint density at radius 3 is 3.00 bits per heavy atom. The summed E-state index contributed by atoms with van der Waals surface area (Å²) in [5.41, 5.74) is 0. The molecule has 0 fully saturated rings. The number of thiazole rings is 1. The Labute approximate surface area is 100 Å². The molecule has 0 spiro atoms. The molecule has 1 N–H and O–H groups in total. The first-order chi connectivity index (χ1) is 7.61. The lowest BCUT2D eigenvalue weighted by molar-refractivity contribution is -0.115. The zero-order chi connectivity index (χ0) is 12.0. The van der Waals surface area contributed by atoms with E-state index in [1.165, 1.54) is 0 Å². The molecule has 0 aliphatic heterocycles. The van der Waals surface area contributed by atoms with Crippen molar-refractivity contribution in [1.82, 2.24) is 10.3 Å². The summed E-state index contributed by atoms with van der Waals surface area (Å²) in [7, 11) is 0. The smallest absolute Gasteiger partial charge is 0.296 e. The van der Waals surface area contributed by atoms with Crippen LogP contribution in [0, 0.1) is 17.8 Å². The number of carbonyl (C=O) groups excluding carboxylic acids is 1. The zero-order valence-electron chi connectivity index (χ0n) is 9.83. The van der Waals surface area contributed by atoms with Crippen LogP contribution in [0.5, 0.6) is 0 Å². The maximum absolute atomic E-state index is 11.1. The van der Waals surface area contributed by atoms with E-state index >= 15 is 0 Å². The minimum Gasteiger partial charge on any atom is -0.340 e. The van der Waals surface area contributed by atoms with E-state index in [0.717, 1.165) is 16.3 Å². The summed E-state index contributed by atoms with van der Waals surface area (Å²) in [4.78, 5) is 16.5. The lowest BCUT2D eigenvalue weighted by atomic mass is 10.1. The normalized spacial score (nSPS) is 9.75. The Morgan fingerprint density at radius 2 is 2.38 bits per heavy atom. The van der Waals surface area contributed by atoms with Gasteiger partial charge in [-0.1, -0.05) is 19.8 Å². The third kappa shape index (κ3) is 4.45. The Kier molecular flexibility index (Phi) is 5.00. The Morgan fingerprint density at radius 1 is 1.62 bits per heavy atom. The monoisotopic (exact) mass is 236 g/mol. The van der Waals surface area contributed by atoms with Gasteiger partial charge in [0.05, 0.1) is 11.6 Å². The first-order valence-corrected chi connectivity index (χ1v) is 6.07. The van der Waals surface area contributed by atoms with Crippen LogP contribution in [0.25, 0.3) is 0 Å². The second-order valence-electron chi connectivity index (χ2n) is 3.88. The highest BCUT2D eigenvalue weighted by Crippen LogP contribution is 2.16. The molecule has 1 heterocycles. The molecular weight excluding hydrogens is 220 g/mol. The summed E-state index contributed by atoms with van der Waals surface area (Å²) in [6, 6.07) is 0. The second-order valence-corrected chi connectivity index (χ2v) is 5.08. The highest BCUT2D eigenvalue weighted by atomic mass is 32.1. The molecule has 1 aromatic rings. The predicted molar refractivity (Wildman–Crippen MR) is 66.0 cm³/mol. The van der Waals surface area contributed by atoms with Gasteiger partial charge in [0, 0.05) is 17.5 Å². The van der Waals surface area contributed by atoms with Crippen molar-refractivity contribution in [2.45, 2.75) is 33.7 Å². The fourth-order valence-corrected chi connectivity index (χ4v) is 2.27. The van der Waals surface area contributed by atoms with Crippen molar-refractivity contribution in [2.24, 2.45) is 5.92 Å². The Balaban J connectivity index is 2.45. The third-order valence-electron chi connectivity index (χ3n) is 1.85. The molecule has 0 bridgehead atoms. The largest absolute Gasteiger partial charge is 0.340 e. The Bertz CT molecular complexity index is 412. The fourth-order valence-electron chi connectivity index (χ4n) is 1.20. The van der Waals surface area contributed by atoms with E-state index < -0.39 is 0 Å². The summed E-state index contributed by atoms with van der Waals surface area (Å²) in [5, 5.41) is 3.85. The maximum Gasteiger partial charge on any atom is 0.296 e. The minimum atomic E-state index is -0.235. The standard InChI is InChI=1S/C12H16N2OS/c1-4-5-11(15)13-7-10-8-14-12(16-10)6-9(2)3/h8-9H,6-7H2,1-3H3,(H,13,15). The van der Waals surface area contributed by atoms with Crippen LogP contribution >= 0.6 is 11.3 Å². The van der Waals surface area contributed by atoms with Gasteiger partial charge in [-0.3, -0.25) is 4.79 Å². The number of hydrogen-bond acceptors (Lipinski definition) is 3. The maximum atomic E-state index is 11.1. The van der Waals surface area contributed by atoms with Crippen LogP contribution in [0.3, 0.4) is 0 Å². The number of nitrogens with zero attached hydrogens (tertiary/aromatic N) is 1. The van der Waals surface area contributed by atoms with Crippen LogP contribution in [0.1, 0.15) is 30.7 Å². The van der Waals surface area contributed by atoms with Crippen LogP contribution in [0.4, 0.5) is 0 Å². The topological polar surface area (TPSA) is 42.0 Å². The van der Waals surface area contributed by atoms with Gasteiger partial charge in [0.25, 0.3) is 5.91 Å². The van der Waals surface area contributed by atoms with E-state index in [0.29, 0.717) is 12.5 Å². The van der Waals surface area contributed by atoms with Crippen molar-refractivity contribution in [2.75, 3.05) is 0 Å². The molecule has 0 saturated carbocycles. The molecule has 16 heavy (non-hydrogen) atoms. The Hall–Kier alpha value is -1.34. The van der Waals surface area contributed by atoms with Crippen molar-refractivity contribution in [3.05, 3.63) is 16.1 Å². The van der Waals surface area contributed by atoms with Gasteiger partial charge in [-0.15, -0.1) is 11.3 Å². The molecule has 86 valence electrons. The van der Waals surface area contributed by atoms with E-state index in [1.807, 2.05) is 6.20 Å². The van der Waals surface area contributed by atoms with E-state index in [-0.39, 0.29) is 5.91 Å². The van der Waals surface area contributed by atoms with Crippen LogP contribution in [0.15, 0.2) is 6.20 Å². The van der Waals surface area contributed by atoms with E-state index in [1.54, 1.807) is 18.3 Å². The molecule has 0 aliphatic carbocycles. The number of aromatic nitrogens is 1. The van der Waals surface area contributed by atoms with Gasteiger partial charge in [-0.25, -0.2) is 4.98 Å². The third-order valence-corrected chi connectivity index (χ3v) is 2.87. The molecule has 1 aromatic heterocycles. The average molecular weight is 236 g/mol. The summed E-state index contributed by atoms with van der Waals surface area (Å²) in [6.07, 6.45) is 2.81. The zero-order valence-corrected chi connectivity index (χ0v) is 10.6. The summed E-state index contributed by atoms with van der Waals surface area (Å²) < 4.78 is 0. The minimum absolute atomic E-state index is 0.235. The molecular formula is C12H16N2OS. The highest BCUT2D eigenvalue weighted by Gasteiger charge is 2.04. The molecule has 0 aliphatic rings. The first kappa shape index (κ1) is 12.7. The van der Waals surface area contributed by atoms with Crippen molar-refractivity contribution in [3.63, 3.8) is 0 Å². The van der Waals surface area contributed by atoms with Gasteiger partial charge in [0.1, 0.15) is 0 Å². The molecule has 0 aromatic carbocycles. The predicted octanol–water partition coefficient (Wildman–Crippen LogP) is 1.98. The van der Waals surface area contributed by atoms with E-state index in [2.05, 4.69) is 36.0 Å². The molecule has 0 unspecified atom stereocenters. The molecule has 0 atom stereocenters. The van der Waals surface area contributed by atoms with Crippen LogP contribution in [-0.2, 0) is 17.8 Å². The SMILES string of the molecule is CC#CC(=O)NCc1cnc(CC(C)C)s1. The highest BCUT2D eigenvalue weighted by molar-refractivity contribution is 7.11. The number of nitrogens with one attached hydrogen (secondary N) is 1. The fraction of sp³-hybridized carbons (Fsp3) is 0.500. The van der Waals surface area contributed by atoms with Crippen LogP contribution in [-0.4, -0.2) is 10.9 Å².